The second-order valence-electron chi connectivity index (χ2n) is 9.12. The van der Waals surface area contributed by atoms with Gasteiger partial charge in [0, 0.05) is 55.1 Å². The van der Waals surface area contributed by atoms with Crippen LogP contribution in [0, 0.1) is 0 Å². The Morgan fingerprint density at radius 3 is 2.39 bits per heavy atom. The third-order valence-corrected chi connectivity index (χ3v) is 7.39. The van der Waals surface area contributed by atoms with Gasteiger partial charge in [-0.1, -0.05) is 30.7 Å². The van der Waals surface area contributed by atoms with Crippen LogP contribution in [-0.2, 0) is 9.47 Å². The summed E-state index contributed by atoms with van der Waals surface area (Å²) in [5, 5.41) is 2.39. The molecule has 6 nitrogen and oxygen atoms in total. The molecule has 3 heterocycles. The van der Waals surface area contributed by atoms with E-state index in [1.807, 2.05) is 0 Å². The number of anilines is 1. The molecule has 2 saturated heterocycles. The van der Waals surface area contributed by atoms with Gasteiger partial charge >= 0.3 is 0 Å². The Morgan fingerprint density at radius 2 is 1.58 bits per heavy atom. The number of morpholine rings is 2. The van der Waals surface area contributed by atoms with E-state index >= 15 is 0 Å². The average Bonchev–Trinajstić information content (AvgIpc) is 3.06. The second kappa shape index (κ2) is 8.15. The van der Waals surface area contributed by atoms with Crippen LogP contribution in [0.3, 0.4) is 0 Å². The van der Waals surface area contributed by atoms with Crippen molar-refractivity contribution in [2.45, 2.75) is 43.9 Å². The van der Waals surface area contributed by atoms with Gasteiger partial charge in [-0.15, -0.1) is 0 Å². The zero-order valence-corrected chi connectivity index (χ0v) is 18.2. The van der Waals surface area contributed by atoms with E-state index in [0.717, 1.165) is 82.3 Å². The normalized spacial score (nSPS) is 29.4. The van der Waals surface area contributed by atoms with Crippen molar-refractivity contribution in [3.8, 4) is 11.5 Å². The average molecular weight is 425 g/mol. The van der Waals surface area contributed by atoms with Crippen molar-refractivity contribution >= 4 is 16.5 Å². The zero-order valence-electron chi connectivity index (χ0n) is 18.2. The lowest BCUT2D eigenvalue weighted by Crippen LogP contribution is -2.65. The maximum Gasteiger partial charge on any atom is 0.200 e. The molecule has 6 rings (SSSR count). The van der Waals surface area contributed by atoms with Gasteiger partial charge in [-0.05, 0) is 19.3 Å². The van der Waals surface area contributed by atoms with Crippen molar-refractivity contribution in [3.05, 3.63) is 30.3 Å². The summed E-state index contributed by atoms with van der Waals surface area (Å²) in [6.45, 7) is 6.67. The molecule has 3 fully saturated rings. The predicted octanol–water partition coefficient (Wildman–Crippen LogP) is 3.81. The summed E-state index contributed by atoms with van der Waals surface area (Å²) >= 11 is 0. The Morgan fingerprint density at radius 1 is 0.839 bits per heavy atom. The summed E-state index contributed by atoms with van der Waals surface area (Å²) in [4.78, 5) is 4.93. The molecule has 166 valence electrons. The number of rotatable bonds is 2. The highest BCUT2D eigenvalue weighted by Crippen LogP contribution is 2.50. The Labute approximate surface area is 184 Å². The summed E-state index contributed by atoms with van der Waals surface area (Å²) in [6, 6.07) is 10.8. The molecule has 0 aromatic heterocycles. The molecule has 1 aliphatic carbocycles. The minimum Gasteiger partial charge on any atom is -0.480 e. The van der Waals surface area contributed by atoms with Crippen LogP contribution in [-0.4, -0.2) is 69.3 Å². The molecule has 0 amide bonds. The molecule has 31 heavy (non-hydrogen) atoms. The van der Waals surface area contributed by atoms with E-state index in [9.17, 15) is 0 Å². The molecule has 6 heteroatoms. The van der Waals surface area contributed by atoms with Gasteiger partial charge in [-0.25, -0.2) is 0 Å². The Hall–Kier alpha value is -2.02. The van der Waals surface area contributed by atoms with Gasteiger partial charge in [0.2, 0.25) is 5.72 Å². The van der Waals surface area contributed by atoms with Gasteiger partial charge in [0.25, 0.3) is 0 Å². The van der Waals surface area contributed by atoms with Crippen molar-refractivity contribution in [3.63, 3.8) is 0 Å². The van der Waals surface area contributed by atoms with E-state index in [4.69, 9.17) is 18.9 Å². The van der Waals surface area contributed by atoms with Crippen molar-refractivity contribution in [2.75, 3.05) is 57.5 Å². The van der Waals surface area contributed by atoms with Gasteiger partial charge in [0.15, 0.2) is 17.6 Å². The molecule has 0 spiro atoms. The zero-order chi connectivity index (χ0) is 20.7. The number of nitrogens with zero attached hydrogens (tertiary/aromatic N) is 2. The fourth-order valence-corrected chi connectivity index (χ4v) is 5.81. The number of benzene rings is 2. The van der Waals surface area contributed by atoms with Crippen LogP contribution < -0.4 is 14.4 Å². The maximum atomic E-state index is 7.07. The first kappa shape index (κ1) is 19.6. The van der Waals surface area contributed by atoms with Gasteiger partial charge in [0.1, 0.15) is 0 Å². The standard InChI is InChI=1S/C25H32N2O4/c1-2-8-23-25(9-5-1,27-12-16-29-17-13-27)31-22-18-21(26-10-14-28-15-11-26)19-6-3-4-7-20(19)24(22)30-23/h3-4,6-7,18,23H,1-2,5,8-17H2. The highest BCUT2D eigenvalue weighted by atomic mass is 16.6. The van der Waals surface area contributed by atoms with Gasteiger partial charge in [-0.2, -0.15) is 0 Å². The van der Waals surface area contributed by atoms with E-state index in [0.29, 0.717) is 0 Å². The Balaban J connectivity index is 1.47. The third kappa shape index (κ3) is 3.36. The SMILES string of the molecule is c1ccc2c3c(cc(N4CCOCC4)c2c1)OC1(N2CCOCC2)CCCCCC1O3. The smallest absolute Gasteiger partial charge is 0.200 e. The fourth-order valence-electron chi connectivity index (χ4n) is 5.81. The van der Waals surface area contributed by atoms with Crippen molar-refractivity contribution in [1.29, 1.82) is 0 Å². The number of hydrogen-bond acceptors (Lipinski definition) is 6. The highest BCUT2D eigenvalue weighted by Gasteiger charge is 2.52. The predicted molar refractivity (Wildman–Crippen MR) is 120 cm³/mol. The number of ether oxygens (including phenoxy) is 4. The van der Waals surface area contributed by atoms with Crippen LogP contribution in [0.25, 0.3) is 10.8 Å². The molecule has 0 N–H and O–H groups in total. The quantitative estimate of drug-likeness (QED) is 0.731. The van der Waals surface area contributed by atoms with E-state index in [1.165, 1.54) is 30.3 Å². The molecule has 0 bridgehead atoms. The second-order valence-corrected chi connectivity index (χ2v) is 9.12. The molecule has 2 atom stereocenters. The number of fused-ring (bicyclic) bond motifs is 4. The van der Waals surface area contributed by atoms with E-state index in [1.54, 1.807) is 0 Å². The van der Waals surface area contributed by atoms with E-state index in [2.05, 4.69) is 40.1 Å². The molecular formula is C25H32N2O4. The topological polar surface area (TPSA) is 43.4 Å². The summed E-state index contributed by atoms with van der Waals surface area (Å²) in [5.74, 6) is 1.81. The molecule has 0 radical (unpaired) electrons. The molecule has 2 unspecified atom stereocenters. The van der Waals surface area contributed by atoms with E-state index < -0.39 is 5.72 Å². The summed E-state index contributed by atoms with van der Waals surface area (Å²) < 4.78 is 25.2. The first-order valence-corrected chi connectivity index (χ1v) is 11.9. The summed E-state index contributed by atoms with van der Waals surface area (Å²) in [5.41, 5.74) is 0.836. The third-order valence-electron chi connectivity index (χ3n) is 7.39. The summed E-state index contributed by atoms with van der Waals surface area (Å²) in [6.07, 6.45) is 5.71. The first-order chi connectivity index (χ1) is 15.4. The molecule has 2 aromatic rings. The van der Waals surface area contributed by atoms with Gasteiger partial charge in [-0.3, -0.25) is 4.90 Å². The first-order valence-electron chi connectivity index (χ1n) is 11.9. The van der Waals surface area contributed by atoms with Crippen molar-refractivity contribution in [1.82, 2.24) is 4.90 Å². The lowest BCUT2D eigenvalue weighted by atomic mass is 9.95. The minimum atomic E-state index is -0.391. The summed E-state index contributed by atoms with van der Waals surface area (Å²) in [7, 11) is 0. The largest absolute Gasteiger partial charge is 0.480 e. The van der Waals surface area contributed by atoms with Crippen molar-refractivity contribution in [2.24, 2.45) is 0 Å². The van der Waals surface area contributed by atoms with Crippen LogP contribution in [0.5, 0.6) is 11.5 Å². The molecular weight excluding hydrogens is 392 g/mol. The van der Waals surface area contributed by atoms with Crippen LogP contribution >= 0.6 is 0 Å². The molecule has 2 aromatic carbocycles. The molecule has 1 saturated carbocycles. The van der Waals surface area contributed by atoms with Gasteiger partial charge in [0.05, 0.1) is 26.4 Å². The van der Waals surface area contributed by atoms with E-state index in [-0.39, 0.29) is 6.10 Å². The Kier molecular flexibility index (Phi) is 5.17. The fraction of sp³-hybridized carbons (Fsp3) is 0.600. The monoisotopic (exact) mass is 424 g/mol. The Bertz CT molecular complexity index is 939. The van der Waals surface area contributed by atoms with Crippen molar-refractivity contribution < 1.29 is 18.9 Å². The number of hydrogen-bond donors (Lipinski definition) is 0. The van der Waals surface area contributed by atoms with Crippen LogP contribution in [0.2, 0.25) is 0 Å². The van der Waals surface area contributed by atoms with Gasteiger partial charge < -0.3 is 23.8 Å². The molecule has 4 aliphatic rings. The minimum absolute atomic E-state index is 0.0539. The molecule has 3 aliphatic heterocycles. The van der Waals surface area contributed by atoms with Crippen LogP contribution in [0.15, 0.2) is 30.3 Å². The highest BCUT2D eigenvalue weighted by molar-refractivity contribution is 6.00. The maximum absolute atomic E-state index is 7.07. The lowest BCUT2D eigenvalue weighted by molar-refractivity contribution is -0.190. The lowest BCUT2D eigenvalue weighted by Gasteiger charge is -2.51. The van der Waals surface area contributed by atoms with Crippen LogP contribution in [0.1, 0.15) is 32.1 Å². The van der Waals surface area contributed by atoms with Crippen LogP contribution in [0.4, 0.5) is 5.69 Å².